The van der Waals surface area contributed by atoms with Crippen molar-refractivity contribution in [3.8, 4) is 28.6 Å². The molecule has 0 unspecified atom stereocenters. The van der Waals surface area contributed by atoms with Crippen molar-refractivity contribution >= 4 is 5.97 Å². The second-order valence-electron chi connectivity index (χ2n) is 9.91. The van der Waals surface area contributed by atoms with Crippen LogP contribution in [0.4, 0.5) is 4.39 Å². The Morgan fingerprint density at radius 3 is 2.65 bits per heavy atom. The second-order valence-corrected chi connectivity index (χ2v) is 9.91. The van der Waals surface area contributed by atoms with Crippen LogP contribution in [0.15, 0.2) is 47.0 Å². The predicted octanol–water partition coefficient (Wildman–Crippen LogP) is 6.75. The van der Waals surface area contributed by atoms with Crippen LogP contribution in [0.25, 0.3) is 11.3 Å². The number of ether oxygens (including phenoxy) is 3. The first-order valence-electron chi connectivity index (χ1n) is 13.0. The van der Waals surface area contributed by atoms with Crippen LogP contribution in [0.2, 0.25) is 0 Å². The summed E-state index contributed by atoms with van der Waals surface area (Å²) in [6.07, 6.45) is 7.37. The minimum atomic E-state index is -0.798. The van der Waals surface area contributed by atoms with Gasteiger partial charge in [0.05, 0.1) is 25.2 Å². The summed E-state index contributed by atoms with van der Waals surface area (Å²) in [6, 6.07) is 12.0. The van der Waals surface area contributed by atoms with E-state index in [2.05, 4.69) is 5.16 Å². The number of carboxylic acid groups (broad SMARTS) is 1. The van der Waals surface area contributed by atoms with E-state index >= 15 is 0 Å². The minimum absolute atomic E-state index is 0.00188. The Hall–Kier alpha value is -3.55. The van der Waals surface area contributed by atoms with Crippen molar-refractivity contribution in [3.63, 3.8) is 0 Å². The number of nitrogens with zero attached hydrogens (tertiary/aromatic N) is 1. The summed E-state index contributed by atoms with van der Waals surface area (Å²) in [4.78, 5) is 11.4. The van der Waals surface area contributed by atoms with Gasteiger partial charge in [-0.15, -0.1) is 0 Å². The lowest BCUT2D eigenvalue weighted by Crippen LogP contribution is -2.20. The van der Waals surface area contributed by atoms with Crippen molar-refractivity contribution in [2.75, 3.05) is 7.11 Å². The van der Waals surface area contributed by atoms with Gasteiger partial charge in [-0.3, -0.25) is 4.79 Å². The predicted molar refractivity (Wildman–Crippen MR) is 134 cm³/mol. The number of benzene rings is 2. The highest BCUT2D eigenvalue weighted by atomic mass is 19.1. The van der Waals surface area contributed by atoms with Gasteiger partial charge >= 0.3 is 5.97 Å². The fraction of sp³-hybridized carbons (Fsp3) is 0.448. The van der Waals surface area contributed by atoms with Crippen LogP contribution in [0.3, 0.4) is 0 Å². The molecule has 1 aromatic heterocycles. The Labute approximate surface area is 215 Å². The van der Waals surface area contributed by atoms with Gasteiger partial charge in [-0.25, -0.2) is 4.39 Å². The normalized spacial score (nSPS) is 16.8. The van der Waals surface area contributed by atoms with E-state index in [1.165, 1.54) is 19.6 Å². The van der Waals surface area contributed by atoms with E-state index in [9.17, 15) is 14.3 Å². The number of carboxylic acids is 1. The van der Waals surface area contributed by atoms with E-state index in [0.29, 0.717) is 28.9 Å². The standard InChI is InChI=1S/C29H32FNO6/c1-34-21-12-13-25(30)24(15-21)28-29(36-20-7-3-2-4-8-20)26(31-37-28)17-35-22-9-5-6-19(14-22)23(16-27(32)33)18-10-11-18/h5-6,9,12-15,18,20,23H,2-4,7-8,10-11,16-17H2,1H3,(H,32,33)/t23-/m0/s1. The smallest absolute Gasteiger partial charge is 0.303 e. The third-order valence-electron chi connectivity index (χ3n) is 7.22. The minimum Gasteiger partial charge on any atom is -0.497 e. The molecule has 5 rings (SSSR count). The first-order valence-corrected chi connectivity index (χ1v) is 13.0. The number of halogens is 1. The molecule has 2 aliphatic rings. The summed E-state index contributed by atoms with van der Waals surface area (Å²) >= 11 is 0. The lowest BCUT2D eigenvalue weighted by Gasteiger charge is -2.23. The molecule has 2 aliphatic carbocycles. The first-order chi connectivity index (χ1) is 18.0. The van der Waals surface area contributed by atoms with Crippen molar-refractivity contribution in [2.24, 2.45) is 5.92 Å². The molecule has 1 atom stereocenters. The van der Waals surface area contributed by atoms with Crippen molar-refractivity contribution < 1.29 is 33.0 Å². The number of aliphatic carboxylic acids is 1. The maximum Gasteiger partial charge on any atom is 0.303 e. The van der Waals surface area contributed by atoms with Gasteiger partial charge in [-0.05, 0) is 86.3 Å². The Kier molecular flexibility index (Phi) is 7.63. The number of rotatable bonds is 11. The Bertz CT molecular complexity index is 1230. The number of aromatic nitrogens is 1. The van der Waals surface area contributed by atoms with Gasteiger partial charge in [-0.2, -0.15) is 0 Å². The molecule has 3 aromatic rings. The largest absolute Gasteiger partial charge is 0.497 e. The summed E-state index contributed by atoms with van der Waals surface area (Å²) in [5.41, 5.74) is 1.62. The number of methoxy groups -OCH3 is 1. The molecule has 0 saturated heterocycles. The quantitative estimate of drug-likeness (QED) is 0.306. The van der Waals surface area contributed by atoms with Crippen LogP contribution in [-0.4, -0.2) is 29.4 Å². The molecule has 7 nitrogen and oxygen atoms in total. The molecule has 2 saturated carbocycles. The van der Waals surface area contributed by atoms with E-state index in [1.54, 1.807) is 12.1 Å². The van der Waals surface area contributed by atoms with E-state index in [4.69, 9.17) is 18.7 Å². The molecule has 0 amide bonds. The molecule has 0 bridgehead atoms. The average Bonchev–Trinajstić information content (AvgIpc) is 3.68. The highest BCUT2D eigenvalue weighted by Gasteiger charge is 2.34. The molecular weight excluding hydrogens is 477 g/mol. The lowest BCUT2D eigenvalue weighted by molar-refractivity contribution is -0.137. The van der Waals surface area contributed by atoms with Crippen molar-refractivity contribution in [1.29, 1.82) is 0 Å². The molecule has 0 spiro atoms. The second kappa shape index (κ2) is 11.2. The molecule has 2 aromatic carbocycles. The van der Waals surface area contributed by atoms with E-state index in [-0.39, 0.29) is 36.4 Å². The topological polar surface area (TPSA) is 91.0 Å². The molecule has 196 valence electrons. The lowest BCUT2D eigenvalue weighted by atomic mass is 9.91. The summed E-state index contributed by atoms with van der Waals surface area (Å²) < 4.78 is 38.2. The zero-order chi connectivity index (χ0) is 25.8. The average molecular weight is 510 g/mol. The van der Waals surface area contributed by atoms with Crippen LogP contribution in [-0.2, 0) is 11.4 Å². The molecule has 0 aliphatic heterocycles. The fourth-order valence-electron chi connectivity index (χ4n) is 5.08. The van der Waals surface area contributed by atoms with Crippen LogP contribution in [0.5, 0.6) is 17.2 Å². The maximum atomic E-state index is 14.8. The van der Waals surface area contributed by atoms with Crippen molar-refractivity contribution in [3.05, 3.63) is 59.5 Å². The zero-order valence-corrected chi connectivity index (χ0v) is 21.0. The highest BCUT2D eigenvalue weighted by molar-refractivity contribution is 5.68. The van der Waals surface area contributed by atoms with E-state index in [0.717, 1.165) is 44.1 Å². The van der Waals surface area contributed by atoms with Gasteiger partial charge in [0.1, 0.15) is 23.9 Å². The van der Waals surface area contributed by atoms with Crippen molar-refractivity contribution in [1.82, 2.24) is 5.16 Å². The van der Waals surface area contributed by atoms with Gasteiger partial charge in [0.2, 0.25) is 5.76 Å². The van der Waals surface area contributed by atoms with Crippen LogP contribution in [0, 0.1) is 11.7 Å². The number of hydrogen-bond acceptors (Lipinski definition) is 6. The van der Waals surface area contributed by atoms with Gasteiger partial charge in [0.15, 0.2) is 11.4 Å². The number of carbonyl (C=O) groups is 1. The molecule has 1 N–H and O–H groups in total. The van der Waals surface area contributed by atoms with Crippen LogP contribution in [0.1, 0.15) is 68.5 Å². The van der Waals surface area contributed by atoms with Crippen LogP contribution >= 0.6 is 0 Å². The third kappa shape index (κ3) is 6.06. The van der Waals surface area contributed by atoms with Crippen LogP contribution < -0.4 is 14.2 Å². The maximum absolute atomic E-state index is 14.8. The summed E-state index contributed by atoms with van der Waals surface area (Å²) in [5, 5.41) is 13.6. The SMILES string of the molecule is COc1ccc(F)c(-c2onc(COc3cccc([C@@H](CC(=O)O)C4CC4)c3)c2OC2CCCCC2)c1. The summed E-state index contributed by atoms with van der Waals surface area (Å²) in [6.45, 7) is 0.0631. The summed E-state index contributed by atoms with van der Waals surface area (Å²) in [7, 11) is 1.52. The zero-order valence-electron chi connectivity index (χ0n) is 21.0. The Morgan fingerprint density at radius 1 is 1.11 bits per heavy atom. The summed E-state index contributed by atoms with van der Waals surface area (Å²) in [5.74, 6) is 0.815. The molecule has 2 fully saturated rings. The van der Waals surface area contributed by atoms with Gasteiger partial charge in [0.25, 0.3) is 0 Å². The monoisotopic (exact) mass is 509 g/mol. The van der Waals surface area contributed by atoms with Gasteiger partial charge in [0, 0.05) is 0 Å². The fourth-order valence-corrected chi connectivity index (χ4v) is 5.08. The number of hydrogen-bond donors (Lipinski definition) is 1. The third-order valence-corrected chi connectivity index (χ3v) is 7.22. The molecule has 1 heterocycles. The van der Waals surface area contributed by atoms with Gasteiger partial charge in [-0.1, -0.05) is 23.7 Å². The first kappa shape index (κ1) is 25.1. The highest BCUT2D eigenvalue weighted by Crippen LogP contribution is 2.45. The Morgan fingerprint density at radius 2 is 1.92 bits per heavy atom. The molecule has 8 heteroatoms. The van der Waals surface area contributed by atoms with E-state index in [1.807, 2.05) is 24.3 Å². The molecular formula is C29H32FNO6. The molecule has 37 heavy (non-hydrogen) atoms. The van der Waals surface area contributed by atoms with Gasteiger partial charge < -0.3 is 23.8 Å². The molecule has 0 radical (unpaired) electrons. The van der Waals surface area contributed by atoms with E-state index < -0.39 is 11.8 Å². The van der Waals surface area contributed by atoms with Crippen molar-refractivity contribution in [2.45, 2.75) is 70.0 Å². The Balaban J connectivity index is 1.40.